The molecule has 0 saturated heterocycles. The third kappa shape index (κ3) is 4.69. The lowest BCUT2D eigenvalue weighted by molar-refractivity contribution is -0.116. The molecule has 0 aromatic heterocycles. The fourth-order valence-electron chi connectivity index (χ4n) is 3.13. The first-order valence-corrected chi connectivity index (χ1v) is 9.13. The predicted molar refractivity (Wildman–Crippen MR) is 104 cm³/mol. The van der Waals surface area contributed by atoms with E-state index >= 15 is 0 Å². The number of benzene rings is 2. The van der Waals surface area contributed by atoms with Crippen LogP contribution < -0.4 is 20.1 Å². The van der Waals surface area contributed by atoms with Crippen molar-refractivity contribution in [1.82, 2.24) is 0 Å². The van der Waals surface area contributed by atoms with Crippen LogP contribution in [0.1, 0.15) is 32.6 Å². The van der Waals surface area contributed by atoms with Gasteiger partial charge in [0.1, 0.15) is 17.5 Å². The summed E-state index contributed by atoms with van der Waals surface area (Å²) in [4.78, 5) is 12.4. The van der Waals surface area contributed by atoms with Gasteiger partial charge < -0.3 is 20.1 Å². The zero-order valence-corrected chi connectivity index (χ0v) is 15.3. The van der Waals surface area contributed by atoms with Crippen molar-refractivity contribution in [3.05, 3.63) is 48.5 Å². The van der Waals surface area contributed by atoms with Crippen LogP contribution in [-0.2, 0) is 4.79 Å². The van der Waals surface area contributed by atoms with Gasteiger partial charge in [-0.05, 0) is 69.0 Å². The molecule has 0 spiro atoms. The van der Waals surface area contributed by atoms with E-state index in [0.29, 0.717) is 17.5 Å². The van der Waals surface area contributed by atoms with Crippen LogP contribution in [0, 0.1) is 0 Å². The summed E-state index contributed by atoms with van der Waals surface area (Å²) in [7, 11) is 1.59. The molecule has 0 radical (unpaired) electrons. The van der Waals surface area contributed by atoms with Crippen LogP contribution in [0.15, 0.2) is 48.5 Å². The zero-order valence-electron chi connectivity index (χ0n) is 15.3. The number of methoxy groups -OCH3 is 1. The van der Waals surface area contributed by atoms with Gasteiger partial charge in [-0.15, -0.1) is 0 Å². The molecular formula is C21H26N2O3. The second-order valence-electron chi connectivity index (χ2n) is 6.60. The van der Waals surface area contributed by atoms with Gasteiger partial charge in [0.25, 0.3) is 0 Å². The molecule has 1 atom stereocenters. The minimum atomic E-state index is -0.387. The van der Waals surface area contributed by atoms with Gasteiger partial charge in [-0.1, -0.05) is 12.1 Å². The highest BCUT2D eigenvalue weighted by molar-refractivity contribution is 5.97. The Kier molecular flexibility index (Phi) is 6.00. The highest BCUT2D eigenvalue weighted by Crippen LogP contribution is 2.26. The molecule has 26 heavy (non-hydrogen) atoms. The molecule has 0 unspecified atom stereocenters. The van der Waals surface area contributed by atoms with Gasteiger partial charge in [0, 0.05) is 5.69 Å². The molecular weight excluding hydrogens is 328 g/mol. The number of amides is 1. The molecule has 2 aromatic carbocycles. The monoisotopic (exact) mass is 354 g/mol. The summed E-state index contributed by atoms with van der Waals surface area (Å²) in [5.74, 6) is 1.40. The van der Waals surface area contributed by atoms with Crippen molar-refractivity contribution in [2.75, 3.05) is 17.7 Å². The summed E-state index contributed by atoms with van der Waals surface area (Å²) in [5, 5.41) is 6.10. The van der Waals surface area contributed by atoms with Gasteiger partial charge in [-0.2, -0.15) is 0 Å². The van der Waals surface area contributed by atoms with E-state index in [2.05, 4.69) is 10.6 Å². The number of carbonyl (C=O) groups is 1. The lowest BCUT2D eigenvalue weighted by Crippen LogP contribution is -2.31. The van der Waals surface area contributed by atoms with E-state index in [1.165, 1.54) is 12.8 Å². The second-order valence-corrected chi connectivity index (χ2v) is 6.60. The van der Waals surface area contributed by atoms with Gasteiger partial charge in [0.15, 0.2) is 0 Å². The predicted octanol–water partition coefficient (Wildman–Crippen LogP) is 4.46. The van der Waals surface area contributed by atoms with Crippen LogP contribution in [0.25, 0.3) is 0 Å². The molecule has 0 heterocycles. The second kappa shape index (κ2) is 8.61. The minimum Gasteiger partial charge on any atom is -0.495 e. The third-order valence-corrected chi connectivity index (χ3v) is 4.60. The quantitative estimate of drug-likeness (QED) is 0.771. The van der Waals surface area contributed by atoms with Crippen molar-refractivity contribution in [3.8, 4) is 11.5 Å². The standard InChI is InChI=1S/C21H26N2O3/c1-15(21(24)23-19-9-5-6-10-20(19)25-2)22-16-11-13-18(14-12-16)26-17-7-3-4-8-17/h5-6,9-15,17,22H,3-4,7-8H2,1-2H3,(H,23,24)/t15-/m0/s1. The highest BCUT2D eigenvalue weighted by Gasteiger charge is 2.17. The Hall–Kier alpha value is -2.69. The molecule has 1 amide bonds. The summed E-state index contributed by atoms with van der Waals surface area (Å²) in [5.41, 5.74) is 1.54. The number of anilines is 2. The average molecular weight is 354 g/mol. The highest BCUT2D eigenvalue weighted by atomic mass is 16.5. The molecule has 138 valence electrons. The van der Waals surface area contributed by atoms with Gasteiger partial charge >= 0.3 is 0 Å². The maximum Gasteiger partial charge on any atom is 0.246 e. The van der Waals surface area contributed by atoms with E-state index < -0.39 is 0 Å². The summed E-state index contributed by atoms with van der Waals surface area (Å²) in [6, 6.07) is 14.8. The van der Waals surface area contributed by atoms with Gasteiger partial charge in [0.2, 0.25) is 5.91 Å². The molecule has 2 N–H and O–H groups in total. The van der Waals surface area contributed by atoms with Crippen molar-refractivity contribution in [2.45, 2.75) is 44.8 Å². The first kappa shape index (κ1) is 18.1. The maximum absolute atomic E-state index is 12.4. The fourth-order valence-corrected chi connectivity index (χ4v) is 3.13. The fraction of sp³-hybridized carbons (Fsp3) is 0.381. The number of rotatable bonds is 7. The Balaban J connectivity index is 1.55. The molecule has 1 fully saturated rings. The van der Waals surface area contributed by atoms with Crippen molar-refractivity contribution >= 4 is 17.3 Å². The number of para-hydroxylation sites is 2. The first-order chi connectivity index (χ1) is 12.7. The molecule has 3 rings (SSSR count). The largest absolute Gasteiger partial charge is 0.495 e. The van der Waals surface area contributed by atoms with E-state index in [-0.39, 0.29) is 11.9 Å². The molecule has 0 bridgehead atoms. The van der Waals surface area contributed by atoms with Crippen molar-refractivity contribution in [3.63, 3.8) is 0 Å². The molecule has 5 heteroatoms. The van der Waals surface area contributed by atoms with Crippen molar-refractivity contribution in [1.29, 1.82) is 0 Å². The van der Waals surface area contributed by atoms with E-state index in [0.717, 1.165) is 24.3 Å². The number of hydrogen-bond donors (Lipinski definition) is 2. The van der Waals surface area contributed by atoms with Crippen LogP contribution in [0.3, 0.4) is 0 Å². The van der Waals surface area contributed by atoms with Gasteiger partial charge in [0.05, 0.1) is 18.9 Å². The minimum absolute atomic E-state index is 0.124. The number of nitrogens with one attached hydrogen (secondary N) is 2. The molecule has 0 aliphatic heterocycles. The summed E-state index contributed by atoms with van der Waals surface area (Å²) in [6.45, 7) is 1.83. The Morgan fingerprint density at radius 2 is 1.77 bits per heavy atom. The first-order valence-electron chi connectivity index (χ1n) is 9.13. The topological polar surface area (TPSA) is 59.6 Å². The summed E-state index contributed by atoms with van der Waals surface area (Å²) < 4.78 is 11.2. The number of ether oxygens (including phenoxy) is 2. The Labute approximate surface area is 154 Å². The molecule has 2 aromatic rings. The lowest BCUT2D eigenvalue weighted by atomic mass is 10.2. The zero-order chi connectivity index (χ0) is 18.4. The summed E-state index contributed by atoms with van der Waals surface area (Å²) in [6.07, 6.45) is 5.13. The molecule has 1 aliphatic rings. The van der Waals surface area contributed by atoms with Crippen molar-refractivity contribution < 1.29 is 14.3 Å². The normalized spacial score (nSPS) is 15.3. The Bertz CT molecular complexity index is 724. The SMILES string of the molecule is COc1ccccc1NC(=O)[C@H](C)Nc1ccc(OC2CCCC2)cc1. The Morgan fingerprint density at radius 1 is 1.08 bits per heavy atom. The maximum atomic E-state index is 12.4. The van der Waals surface area contributed by atoms with Crippen LogP contribution in [-0.4, -0.2) is 25.2 Å². The van der Waals surface area contributed by atoms with E-state index in [9.17, 15) is 4.79 Å². The van der Waals surface area contributed by atoms with Crippen LogP contribution >= 0.6 is 0 Å². The number of carbonyl (C=O) groups excluding carboxylic acids is 1. The van der Waals surface area contributed by atoms with Crippen LogP contribution in [0.2, 0.25) is 0 Å². The van der Waals surface area contributed by atoms with E-state index in [4.69, 9.17) is 9.47 Å². The summed E-state index contributed by atoms with van der Waals surface area (Å²) >= 11 is 0. The van der Waals surface area contributed by atoms with Gasteiger partial charge in [-0.3, -0.25) is 4.79 Å². The smallest absolute Gasteiger partial charge is 0.246 e. The molecule has 1 saturated carbocycles. The number of hydrogen-bond acceptors (Lipinski definition) is 4. The van der Waals surface area contributed by atoms with E-state index in [1.807, 2.05) is 55.5 Å². The lowest BCUT2D eigenvalue weighted by Gasteiger charge is -2.17. The average Bonchev–Trinajstić information content (AvgIpc) is 3.16. The van der Waals surface area contributed by atoms with Crippen molar-refractivity contribution in [2.24, 2.45) is 0 Å². The molecule has 5 nitrogen and oxygen atoms in total. The van der Waals surface area contributed by atoms with Gasteiger partial charge in [-0.25, -0.2) is 0 Å². The van der Waals surface area contributed by atoms with Crippen LogP contribution in [0.5, 0.6) is 11.5 Å². The molecule has 1 aliphatic carbocycles. The van der Waals surface area contributed by atoms with Crippen LogP contribution in [0.4, 0.5) is 11.4 Å². The van der Waals surface area contributed by atoms with E-state index in [1.54, 1.807) is 7.11 Å². The third-order valence-electron chi connectivity index (χ3n) is 4.60. The Morgan fingerprint density at radius 3 is 2.46 bits per heavy atom.